The predicted octanol–water partition coefficient (Wildman–Crippen LogP) is 4.94. The number of hydrogen-bond acceptors (Lipinski definition) is 4. The fourth-order valence-electron chi connectivity index (χ4n) is 3.24. The van der Waals surface area contributed by atoms with Crippen molar-refractivity contribution in [1.29, 1.82) is 0 Å². The molecule has 27 heavy (non-hydrogen) atoms. The molecule has 0 saturated heterocycles. The molecule has 1 aliphatic rings. The van der Waals surface area contributed by atoms with Crippen LogP contribution in [0, 0.1) is 0 Å². The van der Waals surface area contributed by atoms with Gasteiger partial charge in [0.25, 0.3) is 0 Å². The lowest BCUT2D eigenvalue weighted by molar-refractivity contribution is 0.174. The molecule has 3 aromatic rings. The minimum atomic E-state index is 0.231. The summed E-state index contributed by atoms with van der Waals surface area (Å²) in [6.45, 7) is 3.25. The average Bonchev–Trinajstić information content (AvgIpc) is 3.20. The molecule has 0 aromatic heterocycles. The van der Waals surface area contributed by atoms with Gasteiger partial charge in [-0.05, 0) is 59.5 Å². The Morgan fingerprint density at radius 1 is 0.926 bits per heavy atom. The first-order valence-corrected chi connectivity index (χ1v) is 9.09. The lowest BCUT2D eigenvalue weighted by atomic mass is 10.0. The Kier molecular flexibility index (Phi) is 4.99. The van der Waals surface area contributed by atoms with Crippen molar-refractivity contribution in [2.75, 3.05) is 13.9 Å². The molecular formula is C23H23NO3. The summed E-state index contributed by atoms with van der Waals surface area (Å²) in [6.07, 6.45) is 0. The van der Waals surface area contributed by atoms with Crippen LogP contribution < -0.4 is 19.5 Å². The molecule has 138 valence electrons. The van der Waals surface area contributed by atoms with Gasteiger partial charge in [-0.3, -0.25) is 0 Å². The van der Waals surface area contributed by atoms with E-state index in [9.17, 15) is 0 Å². The zero-order chi connectivity index (χ0) is 18.6. The van der Waals surface area contributed by atoms with E-state index >= 15 is 0 Å². The van der Waals surface area contributed by atoms with Gasteiger partial charge in [-0.2, -0.15) is 0 Å². The second-order valence-corrected chi connectivity index (χ2v) is 6.65. The first-order chi connectivity index (χ1) is 13.2. The molecular weight excluding hydrogens is 338 g/mol. The van der Waals surface area contributed by atoms with Crippen LogP contribution in [0.4, 0.5) is 0 Å². The summed E-state index contributed by atoms with van der Waals surface area (Å²) in [4.78, 5) is 0. The molecule has 0 unspecified atom stereocenters. The molecule has 0 saturated carbocycles. The van der Waals surface area contributed by atoms with Crippen molar-refractivity contribution in [2.45, 2.75) is 19.5 Å². The van der Waals surface area contributed by atoms with Crippen molar-refractivity contribution in [1.82, 2.24) is 5.32 Å². The summed E-state index contributed by atoms with van der Waals surface area (Å²) < 4.78 is 16.2. The van der Waals surface area contributed by atoms with Gasteiger partial charge in [0, 0.05) is 12.6 Å². The summed E-state index contributed by atoms with van der Waals surface area (Å²) in [7, 11) is 1.69. The van der Waals surface area contributed by atoms with E-state index in [1.807, 2.05) is 24.3 Å². The maximum atomic E-state index is 5.49. The smallest absolute Gasteiger partial charge is 0.231 e. The highest BCUT2D eigenvalue weighted by Gasteiger charge is 2.14. The molecule has 0 spiro atoms. The summed E-state index contributed by atoms with van der Waals surface area (Å²) >= 11 is 0. The van der Waals surface area contributed by atoms with Crippen LogP contribution >= 0.6 is 0 Å². The van der Waals surface area contributed by atoms with Gasteiger partial charge < -0.3 is 19.5 Å². The molecule has 4 heteroatoms. The monoisotopic (exact) mass is 361 g/mol. The highest BCUT2D eigenvalue weighted by Crippen LogP contribution is 2.36. The first kappa shape index (κ1) is 17.4. The van der Waals surface area contributed by atoms with Crippen LogP contribution in [0.5, 0.6) is 17.2 Å². The predicted molar refractivity (Wildman–Crippen MR) is 106 cm³/mol. The zero-order valence-corrected chi connectivity index (χ0v) is 15.6. The molecule has 0 radical (unpaired) electrons. The molecule has 4 nitrogen and oxygen atoms in total. The maximum absolute atomic E-state index is 5.49. The first-order valence-electron chi connectivity index (χ1n) is 9.09. The number of fused-ring (bicyclic) bond motifs is 1. The number of methoxy groups -OCH3 is 1. The number of rotatable bonds is 6. The van der Waals surface area contributed by atoms with Gasteiger partial charge in [0.2, 0.25) is 6.79 Å². The Labute approximate surface area is 159 Å². The van der Waals surface area contributed by atoms with Gasteiger partial charge in [-0.1, -0.05) is 36.4 Å². The fourth-order valence-corrected chi connectivity index (χ4v) is 3.24. The summed E-state index contributed by atoms with van der Waals surface area (Å²) in [5.74, 6) is 2.50. The van der Waals surface area contributed by atoms with Crippen molar-refractivity contribution >= 4 is 0 Å². The van der Waals surface area contributed by atoms with Crippen LogP contribution in [0.1, 0.15) is 24.1 Å². The second-order valence-electron chi connectivity index (χ2n) is 6.65. The van der Waals surface area contributed by atoms with Crippen molar-refractivity contribution < 1.29 is 14.2 Å². The Hall–Kier alpha value is -2.98. The van der Waals surface area contributed by atoms with Crippen LogP contribution in [-0.2, 0) is 6.54 Å². The van der Waals surface area contributed by atoms with Crippen molar-refractivity contribution in [3.63, 3.8) is 0 Å². The largest absolute Gasteiger partial charge is 0.497 e. The highest BCUT2D eigenvalue weighted by molar-refractivity contribution is 5.68. The molecule has 1 N–H and O–H groups in total. The quantitative estimate of drug-likeness (QED) is 0.675. The van der Waals surface area contributed by atoms with Gasteiger partial charge in [0.1, 0.15) is 5.75 Å². The minimum absolute atomic E-state index is 0.231. The molecule has 0 bridgehead atoms. The Morgan fingerprint density at radius 2 is 1.74 bits per heavy atom. The van der Waals surface area contributed by atoms with E-state index in [1.165, 1.54) is 16.7 Å². The van der Waals surface area contributed by atoms with E-state index in [-0.39, 0.29) is 6.04 Å². The van der Waals surface area contributed by atoms with Crippen LogP contribution in [0.15, 0.2) is 66.7 Å². The summed E-state index contributed by atoms with van der Waals surface area (Å²) in [5.41, 5.74) is 4.74. The van der Waals surface area contributed by atoms with E-state index < -0.39 is 0 Å². The van der Waals surface area contributed by atoms with Crippen molar-refractivity contribution in [2.24, 2.45) is 0 Å². The third-order valence-electron chi connectivity index (χ3n) is 4.84. The highest BCUT2D eigenvalue weighted by atomic mass is 16.7. The fraction of sp³-hybridized carbons (Fsp3) is 0.217. The number of hydrogen-bond donors (Lipinski definition) is 1. The Balaban J connectivity index is 1.46. The molecule has 0 amide bonds. The van der Waals surface area contributed by atoms with E-state index in [0.717, 1.165) is 29.4 Å². The van der Waals surface area contributed by atoms with E-state index in [4.69, 9.17) is 14.2 Å². The third-order valence-corrected chi connectivity index (χ3v) is 4.84. The molecule has 0 aliphatic carbocycles. The normalized spacial score (nSPS) is 13.4. The van der Waals surface area contributed by atoms with Crippen LogP contribution in [0.25, 0.3) is 11.1 Å². The molecule has 3 aromatic carbocycles. The van der Waals surface area contributed by atoms with E-state index in [1.54, 1.807) is 7.11 Å². The molecule has 0 fully saturated rings. The Morgan fingerprint density at radius 3 is 2.63 bits per heavy atom. The lowest BCUT2D eigenvalue weighted by Crippen LogP contribution is -2.18. The van der Waals surface area contributed by atoms with Crippen LogP contribution in [0.2, 0.25) is 0 Å². The standard InChI is InChI=1S/C23H23NO3/c1-16(18-6-4-8-21(12-18)25-2)24-14-17-5-3-7-19(11-17)20-9-10-22-23(13-20)27-15-26-22/h3-13,16,24H,14-15H2,1-2H3/t16-/m1/s1. The lowest BCUT2D eigenvalue weighted by Gasteiger charge is -2.15. The van der Waals surface area contributed by atoms with Crippen LogP contribution in [0.3, 0.4) is 0 Å². The third kappa shape index (κ3) is 3.91. The van der Waals surface area contributed by atoms with Gasteiger partial charge >= 0.3 is 0 Å². The van der Waals surface area contributed by atoms with E-state index in [0.29, 0.717) is 6.79 Å². The van der Waals surface area contributed by atoms with Crippen molar-refractivity contribution in [3.05, 3.63) is 77.9 Å². The molecule has 1 aliphatic heterocycles. The average molecular weight is 361 g/mol. The maximum Gasteiger partial charge on any atom is 0.231 e. The summed E-state index contributed by atoms with van der Waals surface area (Å²) in [6, 6.07) is 23.0. The topological polar surface area (TPSA) is 39.7 Å². The zero-order valence-electron chi connectivity index (χ0n) is 15.6. The van der Waals surface area contributed by atoms with Gasteiger partial charge in [-0.15, -0.1) is 0 Å². The number of benzene rings is 3. The second kappa shape index (κ2) is 7.72. The Bertz CT molecular complexity index is 938. The number of ether oxygens (including phenoxy) is 3. The molecule has 1 heterocycles. The van der Waals surface area contributed by atoms with E-state index in [2.05, 4.69) is 54.7 Å². The molecule has 1 atom stereocenters. The number of nitrogens with one attached hydrogen (secondary N) is 1. The van der Waals surface area contributed by atoms with Crippen LogP contribution in [-0.4, -0.2) is 13.9 Å². The minimum Gasteiger partial charge on any atom is -0.497 e. The van der Waals surface area contributed by atoms with Gasteiger partial charge in [0.15, 0.2) is 11.5 Å². The molecule has 4 rings (SSSR count). The summed E-state index contributed by atoms with van der Waals surface area (Å²) in [5, 5.41) is 3.59. The van der Waals surface area contributed by atoms with Gasteiger partial charge in [0.05, 0.1) is 7.11 Å². The SMILES string of the molecule is COc1cccc([C@@H](C)NCc2cccc(-c3ccc4c(c3)OCO4)c2)c1. The van der Waals surface area contributed by atoms with Gasteiger partial charge in [-0.25, -0.2) is 0 Å². The van der Waals surface area contributed by atoms with Crippen molar-refractivity contribution in [3.8, 4) is 28.4 Å².